The third kappa shape index (κ3) is 6.58. The first-order chi connectivity index (χ1) is 8.90. The van der Waals surface area contributed by atoms with Crippen molar-refractivity contribution in [2.75, 3.05) is 11.9 Å². The molecule has 1 amide bonds. The SMILES string of the molecule is CC(C)(C)OCCCC(=O)Nc1ccc(C#N)cc1. The molecule has 1 rings (SSSR count). The molecule has 0 aromatic heterocycles. The molecule has 1 aromatic carbocycles. The third-order valence-electron chi connectivity index (χ3n) is 2.38. The Bertz CT molecular complexity index is 453. The van der Waals surface area contributed by atoms with E-state index in [0.29, 0.717) is 30.7 Å². The summed E-state index contributed by atoms with van der Waals surface area (Å²) < 4.78 is 5.54. The summed E-state index contributed by atoms with van der Waals surface area (Å²) >= 11 is 0. The van der Waals surface area contributed by atoms with Crippen LogP contribution in [-0.2, 0) is 9.53 Å². The molecule has 0 radical (unpaired) electrons. The fourth-order valence-corrected chi connectivity index (χ4v) is 1.46. The second-order valence-corrected chi connectivity index (χ2v) is 5.30. The molecule has 0 heterocycles. The molecule has 4 nitrogen and oxygen atoms in total. The molecule has 0 aliphatic carbocycles. The second-order valence-electron chi connectivity index (χ2n) is 5.30. The molecule has 0 aliphatic heterocycles. The molecule has 0 saturated heterocycles. The molecule has 1 aromatic rings. The van der Waals surface area contributed by atoms with Gasteiger partial charge in [0.15, 0.2) is 0 Å². The van der Waals surface area contributed by atoms with Crippen molar-refractivity contribution < 1.29 is 9.53 Å². The van der Waals surface area contributed by atoms with Gasteiger partial charge in [0.1, 0.15) is 0 Å². The third-order valence-corrected chi connectivity index (χ3v) is 2.38. The number of nitrogens with one attached hydrogen (secondary N) is 1. The highest BCUT2D eigenvalue weighted by Gasteiger charge is 2.10. The number of benzene rings is 1. The largest absolute Gasteiger partial charge is 0.376 e. The lowest BCUT2D eigenvalue weighted by atomic mass is 10.2. The van der Waals surface area contributed by atoms with Crippen molar-refractivity contribution in [2.45, 2.75) is 39.2 Å². The van der Waals surface area contributed by atoms with E-state index < -0.39 is 0 Å². The first-order valence-corrected chi connectivity index (χ1v) is 6.35. The van der Waals surface area contributed by atoms with Gasteiger partial charge in [0.25, 0.3) is 0 Å². The molecular formula is C15H20N2O2. The Morgan fingerprint density at radius 3 is 2.47 bits per heavy atom. The summed E-state index contributed by atoms with van der Waals surface area (Å²) in [5.74, 6) is -0.0396. The first kappa shape index (κ1) is 15.2. The van der Waals surface area contributed by atoms with Gasteiger partial charge in [-0.05, 0) is 51.5 Å². The maximum absolute atomic E-state index is 11.7. The molecule has 0 spiro atoms. The van der Waals surface area contributed by atoms with Crippen LogP contribution in [0.25, 0.3) is 0 Å². The number of hydrogen-bond acceptors (Lipinski definition) is 3. The van der Waals surface area contributed by atoms with Gasteiger partial charge in [-0.3, -0.25) is 4.79 Å². The molecule has 0 atom stereocenters. The van der Waals surface area contributed by atoms with Crippen molar-refractivity contribution in [2.24, 2.45) is 0 Å². The number of carbonyl (C=O) groups excluding carboxylic acids is 1. The Hall–Kier alpha value is -1.86. The van der Waals surface area contributed by atoms with Gasteiger partial charge in [-0.1, -0.05) is 0 Å². The Balaban J connectivity index is 2.29. The Morgan fingerprint density at radius 2 is 1.95 bits per heavy atom. The maximum Gasteiger partial charge on any atom is 0.224 e. The quantitative estimate of drug-likeness (QED) is 0.827. The van der Waals surface area contributed by atoms with E-state index in [4.69, 9.17) is 10.00 Å². The van der Waals surface area contributed by atoms with Crippen molar-refractivity contribution in [3.63, 3.8) is 0 Å². The van der Waals surface area contributed by atoms with Crippen LogP contribution >= 0.6 is 0 Å². The predicted octanol–water partition coefficient (Wildman–Crippen LogP) is 3.09. The van der Waals surface area contributed by atoms with Crippen LogP contribution in [0.3, 0.4) is 0 Å². The van der Waals surface area contributed by atoms with Gasteiger partial charge < -0.3 is 10.1 Å². The van der Waals surface area contributed by atoms with Gasteiger partial charge in [-0.2, -0.15) is 5.26 Å². The summed E-state index contributed by atoms with van der Waals surface area (Å²) in [7, 11) is 0. The Kier molecular flexibility index (Phi) is 5.53. The standard InChI is InChI=1S/C15H20N2O2/c1-15(2,3)19-10-4-5-14(18)17-13-8-6-12(11-16)7-9-13/h6-9H,4-5,10H2,1-3H3,(H,17,18). The highest BCUT2D eigenvalue weighted by atomic mass is 16.5. The van der Waals surface area contributed by atoms with Crippen molar-refractivity contribution >= 4 is 11.6 Å². The van der Waals surface area contributed by atoms with Gasteiger partial charge in [-0.15, -0.1) is 0 Å². The number of anilines is 1. The minimum absolute atomic E-state index is 0.0396. The zero-order valence-electron chi connectivity index (χ0n) is 11.7. The topological polar surface area (TPSA) is 62.1 Å². The van der Waals surface area contributed by atoms with Crippen LogP contribution in [0.4, 0.5) is 5.69 Å². The number of ether oxygens (including phenoxy) is 1. The molecular weight excluding hydrogens is 240 g/mol. The van der Waals surface area contributed by atoms with E-state index in [9.17, 15) is 4.79 Å². The highest BCUT2D eigenvalue weighted by molar-refractivity contribution is 5.90. The predicted molar refractivity (Wildman–Crippen MR) is 74.7 cm³/mol. The number of carbonyl (C=O) groups is 1. The van der Waals surface area contributed by atoms with Gasteiger partial charge in [0.05, 0.1) is 17.2 Å². The van der Waals surface area contributed by atoms with Crippen LogP contribution in [0.2, 0.25) is 0 Å². The van der Waals surface area contributed by atoms with Crippen molar-refractivity contribution in [3.05, 3.63) is 29.8 Å². The van der Waals surface area contributed by atoms with Crippen LogP contribution in [0.5, 0.6) is 0 Å². The summed E-state index contributed by atoms with van der Waals surface area (Å²) in [6.07, 6.45) is 1.12. The number of hydrogen-bond donors (Lipinski definition) is 1. The molecule has 0 aliphatic rings. The van der Waals surface area contributed by atoms with Crippen LogP contribution in [-0.4, -0.2) is 18.1 Å². The van der Waals surface area contributed by atoms with Crippen molar-refractivity contribution in [1.82, 2.24) is 0 Å². The maximum atomic E-state index is 11.7. The molecule has 4 heteroatoms. The van der Waals surface area contributed by atoms with Crippen molar-refractivity contribution in [3.8, 4) is 6.07 Å². The zero-order chi connectivity index (χ0) is 14.3. The summed E-state index contributed by atoms with van der Waals surface area (Å²) in [6, 6.07) is 8.84. The summed E-state index contributed by atoms with van der Waals surface area (Å²) in [6.45, 7) is 6.54. The lowest BCUT2D eigenvalue weighted by Gasteiger charge is -2.19. The van der Waals surface area contributed by atoms with Crippen LogP contribution in [0.1, 0.15) is 39.2 Å². The summed E-state index contributed by atoms with van der Waals surface area (Å²) in [4.78, 5) is 11.7. The molecule has 102 valence electrons. The normalized spacial score (nSPS) is 10.8. The van der Waals surface area contributed by atoms with Crippen LogP contribution < -0.4 is 5.32 Å². The van der Waals surface area contributed by atoms with Gasteiger partial charge in [0, 0.05) is 18.7 Å². The molecule has 19 heavy (non-hydrogen) atoms. The minimum atomic E-state index is -0.163. The Labute approximate surface area is 114 Å². The highest BCUT2D eigenvalue weighted by Crippen LogP contribution is 2.10. The molecule has 0 bridgehead atoms. The van der Waals surface area contributed by atoms with E-state index >= 15 is 0 Å². The van der Waals surface area contributed by atoms with Gasteiger partial charge in [0.2, 0.25) is 5.91 Å². The number of nitrogens with zero attached hydrogens (tertiary/aromatic N) is 1. The number of rotatable bonds is 5. The van der Waals surface area contributed by atoms with Crippen molar-refractivity contribution in [1.29, 1.82) is 5.26 Å². The monoisotopic (exact) mass is 260 g/mol. The first-order valence-electron chi connectivity index (χ1n) is 6.35. The van der Waals surface area contributed by atoms with Gasteiger partial charge in [-0.25, -0.2) is 0 Å². The minimum Gasteiger partial charge on any atom is -0.376 e. The molecule has 0 unspecified atom stereocenters. The van der Waals surface area contributed by atoms with E-state index in [-0.39, 0.29) is 11.5 Å². The molecule has 1 N–H and O–H groups in total. The fraction of sp³-hybridized carbons (Fsp3) is 0.467. The van der Waals surface area contributed by atoms with E-state index in [1.54, 1.807) is 24.3 Å². The van der Waals surface area contributed by atoms with E-state index in [2.05, 4.69) is 5.32 Å². The summed E-state index contributed by atoms with van der Waals surface area (Å²) in [5, 5.41) is 11.5. The molecule has 0 saturated carbocycles. The van der Waals surface area contributed by atoms with Gasteiger partial charge >= 0.3 is 0 Å². The smallest absolute Gasteiger partial charge is 0.224 e. The van der Waals surface area contributed by atoms with E-state index in [0.717, 1.165) is 0 Å². The van der Waals surface area contributed by atoms with Crippen LogP contribution in [0.15, 0.2) is 24.3 Å². The second kappa shape index (κ2) is 6.91. The summed E-state index contributed by atoms with van der Waals surface area (Å²) in [5.41, 5.74) is 1.13. The molecule has 0 fully saturated rings. The number of nitriles is 1. The lowest BCUT2D eigenvalue weighted by molar-refractivity contribution is -0.116. The average Bonchev–Trinajstić information content (AvgIpc) is 2.34. The average molecular weight is 260 g/mol. The van der Waals surface area contributed by atoms with E-state index in [1.807, 2.05) is 26.8 Å². The zero-order valence-corrected chi connectivity index (χ0v) is 11.7. The van der Waals surface area contributed by atoms with Crippen LogP contribution in [0, 0.1) is 11.3 Å². The number of amides is 1. The lowest BCUT2D eigenvalue weighted by Crippen LogP contribution is -2.20. The van der Waals surface area contributed by atoms with E-state index in [1.165, 1.54) is 0 Å². The fourth-order valence-electron chi connectivity index (χ4n) is 1.46. The Morgan fingerprint density at radius 1 is 1.32 bits per heavy atom.